The van der Waals surface area contributed by atoms with Crippen LogP contribution >= 0.6 is 0 Å². The van der Waals surface area contributed by atoms with Gasteiger partial charge in [0.1, 0.15) is 0 Å². The van der Waals surface area contributed by atoms with E-state index in [2.05, 4.69) is 13.2 Å². The first kappa shape index (κ1) is 16.3. The summed E-state index contributed by atoms with van der Waals surface area (Å²) in [4.78, 5) is 11.0. The van der Waals surface area contributed by atoms with Crippen LogP contribution in [0.1, 0.15) is 19.8 Å². The van der Waals surface area contributed by atoms with Gasteiger partial charge in [0.15, 0.2) is 5.60 Å². The number of carboxylic acid groups (broad SMARTS) is 1. The van der Waals surface area contributed by atoms with E-state index in [-0.39, 0.29) is 29.6 Å². The first-order chi connectivity index (χ1) is 6.13. The second-order valence-electron chi connectivity index (χ2n) is 2.72. The van der Waals surface area contributed by atoms with Gasteiger partial charge < -0.3 is 9.84 Å². The molecule has 14 heavy (non-hydrogen) atoms. The topological polar surface area (TPSA) is 46.5 Å². The molecule has 0 saturated heterocycles. The Morgan fingerprint density at radius 2 is 1.86 bits per heavy atom. The molecule has 0 aliphatic heterocycles. The number of hydrogen-bond acceptors (Lipinski definition) is 2. The van der Waals surface area contributed by atoms with Crippen molar-refractivity contribution in [3.8, 4) is 0 Å². The van der Waals surface area contributed by atoms with Crippen LogP contribution in [0.4, 0.5) is 0 Å². The number of rotatable bonds is 7. The molecule has 0 bridgehead atoms. The number of ether oxygens (including phenoxy) is 1. The van der Waals surface area contributed by atoms with Crippen molar-refractivity contribution in [1.29, 1.82) is 0 Å². The van der Waals surface area contributed by atoms with E-state index in [1.807, 2.05) is 0 Å². The SMILES string of the molecule is C=CCC(CC=C)(OCC)C(=O)O.[NaH]. The van der Waals surface area contributed by atoms with Crippen molar-refractivity contribution in [1.82, 2.24) is 0 Å². The van der Waals surface area contributed by atoms with E-state index in [1.165, 1.54) is 0 Å². The summed E-state index contributed by atoms with van der Waals surface area (Å²) in [6.45, 7) is 9.17. The number of aliphatic carboxylic acids is 1. The molecule has 76 valence electrons. The second-order valence-corrected chi connectivity index (χ2v) is 2.72. The number of carbonyl (C=O) groups is 1. The molecule has 0 heterocycles. The minimum atomic E-state index is -1.17. The van der Waals surface area contributed by atoms with E-state index >= 15 is 0 Å². The van der Waals surface area contributed by atoms with Crippen molar-refractivity contribution in [2.45, 2.75) is 25.4 Å². The summed E-state index contributed by atoms with van der Waals surface area (Å²) in [5.74, 6) is -0.964. The van der Waals surface area contributed by atoms with Gasteiger partial charge in [0.05, 0.1) is 0 Å². The molecule has 1 N–H and O–H groups in total. The standard InChI is InChI=1S/C10H16O3.Na.H/c1-4-7-10(8-5-2,9(11)12)13-6-3;;/h4-5H,1-2,6-8H2,3H3,(H,11,12);;. The fourth-order valence-electron chi connectivity index (χ4n) is 1.18. The van der Waals surface area contributed by atoms with Gasteiger partial charge in [-0.05, 0) is 6.92 Å². The van der Waals surface area contributed by atoms with Crippen LogP contribution in [0.15, 0.2) is 25.3 Å². The zero-order chi connectivity index (χ0) is 10.3. The van der Waals surface area contributed by atoms with Crippen LogP contribution in [0, 0.1) is 0 Å². The van der Waals surface area contributed by atoms with Crippen molar-refractivity contribution in [2.75, 3.05) is 6.61 Å². The Morgan fingerprint density at radius 1 is 1.43 bits per heavy atom. The van der Waals surface area contributed by atoms with E-state index in [0.717, 1.165) is 0 Å². The van der Waals surface area contributed by atoms with E-state index in [1.54, 1.807) is 19.1 Å². The summed E-state index contributed by atoms with van der Waals surface area (Å²) in [5, 5.41) is 9.00. The van der Waals surface area contributed by atoms with Crippen molar-refractivity contribution in [2.24, 2.45) is 0 Å². The molecule has 0 atom stereocenters. The van der Waals surface area contributed by atoms with E-state index in [4.69, 9.17) is 9.84 Å². The van der Waals surface area contributed by atoms with Gasteiger partial charge in [-0.15, -0.1) is 13.2 Å². The van der Waals surface area contributed by atoms with Crippen molar-refractivity contribution >= 4 is 35.5 Å². The Hall–Kier alpha value is -0.0900. The predicted molar refractivity (Wildman–Crippen MR) is 58.8 cm³/mol. The molecule has 0 spiro atoms. The molecule has 0 aromatic rings. The maximum absolute atomic E-state index is 11.0. The molecule has 3 nitrogen and oxygen atoms in total. The summed E-state index contributed by atoms with van der Waals surface area (Å²) >= 11 is 0. The van der Waals surface area contributed by atoms with Gasteiger partial charge in [-0.2, -0.15) is 0 Å². The first-order valence-corrected chi connectivity index (χ1v) is 4.22. The van der Waals surface area contributed by atoms with Gasteiger partial charge >= 0.3 is 35.5 Å². The molecule has 0 radical (unpaired) electrons. The fourth-order valence-corrected chi connectivity index (χ4v) is 1.18. The molecular weight excluding hydrogens is 191 g/mol. The zero-order valence-corrected chi connectivity index (χ0v) is 7.95. The Kier molecular flexibility index (Phi) is 9.62. The third-order valence-electron chi connectivity index (χ3n) is 1.76. The Balaban J connectivity index is 0. The van der Waals surface area contributed by atoms with Crippen molar-refractivity contribution in [3.05, 3.63) is 25.3 Å². The molecule has 0 unspecified atom stereocenters. The average Bonchev–Trinajstić information content (AvgIpc) is 2.05. The van der Waals surface area contributed by atoms with Crippen molar-refractivity contribution < 1.29 is 14.6 Å². The summed E-state index contributed by atoms with van der Waals surface area (Å²) < 4.78 is 5.23. The molecule has 0 fully saturated rings. The monoisotopic (exact) mass is 208 g/mol. The predicted octanol–water partition coefficient (Wildman–Crippen LogP) is 1.35. The number of hydrogen-bond donors (Lipinski definition) is 1. The van der Waals surface area contributed by atoms with Crippen LogP contribution in [0.5, 0.6) is 0 Å². The van der Waals surface area contributed by atoms with Crippen LogP contribution in [0.3, 0.4) is 0 Å². The van der Waals surface area contributed by atoms with Crippen LogP contribution in [0.2, 0.25) is 0 Å². The summed E-state index contributed by atoms with van der Waals surface area (Å²) in [6.07, 6.45) is 3.69. The van der Waals surface area contributed by atoms with E-state index in [9.17, 15) is 4.79 Å². The van der Waals surface area contributed by atoms with Crippen molar-refractivity contribution in [3.63, 3.8) is 0 Å². The third kappa shape index (κ3) is 4.42. The molecule has 4 heteroatoms. The van der Waals surface area contributed by atoms with Gasteiger partial charge in [0.2, 0.25) is 0 Å². The van der Waals surface area contributed by atoms with E-state index < -0.39 is 11.6 Å². The molecule has 0 aliphatic carbocycles. The third-order valence-corrected chi connectivity index (χ3v) is 1.76. The summed E-state index contributed by atoms with van der Waals surface area (Å²) in [6, 6.07) is 0. The summed E-state index contributed by atoms with van der Waals surface area (Å²) in [7, 11) is 0. The number of carboxylic acids is 1. The maximum atomic E-state index is 11.0. The van der Waals surface area contributed by atoms with E-state index in [0.29, 0.717) is 19.4 Å². The Morgan fingerprint density at radius 3 is 2.07 bits per heavy atom. The molecule has 0 aromatic carbocycles. The molecule has 0 aromatic heterocycles. The summed E-state index contributed by atoms with van der Waals surface area (Å²) in [5.41, 5.74) is -1.17. The molecule has 0 rings (SSSR count). The van der Waals surface area contributed by atoms with Gasteiger partial charge in [-0.3, -0.25) is 0 Å². The van der Waals surface area contributed by atoms with Crippen LogP contribution in [-0.4, -0.2) is 52.8 Å². The van der Waals surface area contributed by atoms with Gasteiger partial charge in [-0.25, -0.2) is 4.79 Å². The molecule has 0 saturated carbocycles. The Labute approximate surface area is 107 Å². The minimum absolute atomic E-state index is 0. The zero-order valence-electron chi connectivity index (χ0n) is 7.95. The second kappa shape index (κ2) is 8.24. The first-order valence-electron chi connectivity index (χ1n) is 4.22. The molecule has 0 amide bonds. The van der Waals surface area contributed by atoms with Gasteiger partial charge in [-0.1, -0.05) is 12.2 Å². The molecule has 0 aliphatic rings. The average molecular weight is 208 g/mol. The molecular formula is C10H17NaO3. The Bertz CT molecular complexity index is 192. The fraction of sp³-hybridized carbons (Fsp3) is 0.500. The quantitative estimate of drug-likeness (QED) is 0.507. The van der Waals surface area contributed by atoms with Crippen LogP contribution in [-0.2, 0) is 9.53 Å². The van der Waals surface area contributed by atoms with Gasteiger partial charge in [0.25, 0.3) is 0 Å². The van der Waals surface area contributed by atoms with Gasteiger partial charge in [0, 0.05) is 19.4 Å². The van der Waals surface area contributed by atoms with Crippen LogP contribution < -0.4 is 0 Å². The normalized spacial score (nSPS) is 10.1. The van der Waals surface area contributed by atoms with Crippen LogP contribution in [0.25, 0.3) is 0 Å².